The second-order valence-electron chi connectivity index (χ2n) is 2.01. The van der Waals surface area contributed by atoms with Crippen LogP contribution in [0.5, 0.6) is 5.75 Å². The standard InChI is InChI=1S/C8H7NO.C2H6/c1-7-3-2-4-8(5-7)10-6-9;1-2/h2-5H,1H3;1-2H3. The van der Waals surface area contributed by atoms with Crippen molar-refractivity contribution in [3.8, 4) is 12.0 Å². The third-order valence-electron chi connectivity index (χ3n) is 1.15. The molecule has 1 aromatic rings. The maximum absolute atomic E-state index is 8.14. The van der Waals surface area contributed by atoms with Crippen molar-refractivity contribution in [3.05, 3.63) is 29.8 Å². The van der Waals surface area contributed by atoms with Gasteiger partial charge in [-0.2, -0.15) is 0 Å². The average Bonchev–Trinajstić information content (AvgIpc) is 2.09. The summed E-state index contributed by atoms with van der Waals surface area (Å²) in [6, 6.07) is 7.35. The SMILES string of the molecule is CC.Cc1cccc(OC#N)c1. The Kier molecular flexibility index (Phi) is 5.46. The van der Waals surface area contributed by atoms with E-state index in [-0.39, 0.29) is 0 Å². The van der Waals surface area contributed by atoms with Crippen LogP contribution in [-0.4, -0.2) is 0 Å². The first-order chi connectivity index (χ1) is 5.83. The number of hydrogen-bond acceptors (Lipinski definition) is 2. The lowest BCUT2D eigenvalue weighted by atomic mass is 10.2. The molecule has 0 unspecified atom stereocenters. The van der Waals surface area contributed by atoms with Gasteiger partial charge in [0, 0.05) is 0 Å². The zero-order valence-electron chi connectivity index (χ0n) is 7.66. The van der Waals surface area contributed by atoms with Crippen molar-refractivity contribution in [1.82, 2.24) is 0 Å². The summed E-state index contributed by atoms with van der Waals surface area (Å²) >= 11 is 0. The number of rotatable bonds is 1. The number of nitrogens with zero attached hydrogens (tertiary/aromatic N) is 1. The van der Waals surface area contributed by atoms with Crippen molar-refractivity contribution >= 4 is 0 Å². The third-order valence-corrected chi connectivity index (χ3v) is 1.15. The van der Waals surface area contributed by atoms with Gasteiger partial charge in [0.05, 0.1) is 0 Å². The molecule has 0 saturated heterocycles. The summed E-state index contributed by atoms with van der Waals surface area (Å²) in [5.74, 6) is 0.600. The Morgan fingerprint density at radius 3 is 2.50 bits per heavy atom. The molecule has 0 atom stereocenters. The van der Waals surface area contributed by atoms with Crippen LogP contribution < -0.4 is 4.74 Å². The van der Waals surface area contributed by atoms with Crippen LogP contribution in [0.3, 0.4) is 0 Å². The number of hydrogen-bond donors (Lipinski definition) is 0. The van der Waals surface area contributed by atoms with Gasteiger partial charge in [0.15, 0.2) is 0 Å². The fourth-order valence-corrected chi connectivity index (χ4v) is 0.732. The van der Waals surface area contributed by atoms with Crippen LogP contribution in [0.15, 0.2) is 24.3 Å². The molecule has 0 saturated carbocycles. The molecule has 0 aliphatic heterocycles. The Bertz CT molecular complexity index is 263. The molecule has 0 fully saturated rings. The van der Waals surface area contributed by atoms with E-state index in [4.69, 9.17) is 5.26 Å². The first-order valence-electron chi connectivity index (χ1n) is 3.95. The van der Waals surface area contributed by atoms with Crippen molar-refractivity contribution in [3.63, 3.8) is 0 Å². The molecule has 2 heteroatoms. The lowest BCUT2D eigenvalue weighted by molar-refractivity contribution is 0.507. The molecule has 0 aliphatic rings. The summed E-state index contributed by atoms with van der Waals surface area (Å²) in [6.07, 6.45) is 1.61. The summed E-state index contributed by atoms with van der Waals surface area (Å²) in [5.41, 5.74) is 1.09. The fourth-order valence-electron chi connectivity index (χ4n) is 0.732. The Morgan fingerprint density at radius 1 is 1.33 bits per heavy atom. The topological polar surface area (TPSA) is 33.0 Å². The maximum atomic E-state index is 8.14. The maximum Gasteiger partial charge on any atom is 0.292 e. The average molecular weight is 163 g/mol. The van der Waals surface area contributed by atoms with Gasteiger partial charge in [0.2, 0.25) is 0 Å². The molecule has 0 bridgehead atoms. The Hall–Kier alpha value is -1.49. The molecule has 1 rings (SSSR count). The van der Waals surface area contributed by atoms with E-state index in [2.05, 4.69) is 4.74 Å². The highest BCUT2D eigenvalue weighted by Crippen LogP contribution is 2.11. The predicted molar refractivity (Wildman–Crippen MR) is 48.8 cm³/mol. The highest BCUT2D eigenvalue weighted by atomic mass is 16.5. The van der Waals surface area contributed by atoms with Crippen molar-refractivity contribution in [1.29, 1.82) is 5.26 Å². The van der Waals surface area contributed by atoms with E-state index in [1.807, 2.05) is 39.0 Å². The molecule has 1 aromatic carbocycles. The summed E-state index contributed by atoms with van der Waals surface area (Å²) in [5, 5.41) is 8.14. The molecule has 0 heterocycles. The Morgan fingerprint density at radius 2 is 2.00 bits per heavy atom. The largest absolute Gasteiger partial charge is 0.388 e. The van der Waals surface area contributed by atoms with Gasteiger partial charge in [-0.05, 0) is 24.6 Å². The van der Waals surface area contributed by atoms with Crippen LogP contribution in [0.4, 0.5) is 0 Å². The van der Waals surface area contributed by atoms with Crippen molar-refractivity contribution < 1.29 is 4.74 Å². The molecule has 0 aromatic heterocycles. The van der Waals surface area contributed by atoms with Gasteiger partial charge in [0.1, 0.15) is 5.75 Å². The minimum atomic E-state index is 0.600. The van der Waals surface area contributed by atoms with Crippen LogP contribution in [0, 0.1) is 18.4 Å². The lowest BCUT2D eigenvalue weighted by Crippen LogP contribution is -1.81. The highest BCUT2D eigenvalue weighted by molar-refractivity contribution is 5.28. The molecule has 64 valence electrons. The highest BCUT2D eigenvalue weighted by Gasteiger charge is 1.89. The van der Waals surface area contributed by atoms with E-state index in [0.717, 1.165) is 5.56 Å². The second-order valence-corrected chi connectivity index (χ2v) is 2.01. The van der Waals surface area contributed by atoms with Gasteiger partial charge in [-0.25, -0.2) is 0 Å². The molecule has 0 aliphatic carbocycles. The number of ether oxygens (including phenoxy) is 1. The molecule has 0 N–H and O–H groups in total. The Labute approximate surface area is 73.4 Å². The van der Waals surface area contributed by atoms with E-state index in [1.54, 1.807) is 12.3 Å². The summed E-state index contributed by atoms with van der Waals surface area (Å²) in [7, 11) is 0. The van der Waals surface area contributed by atoms with Gasteiger partial charge in [-0.15, -0.1) is 5.26 Å². The first-order valence-corrected chi connectivity index (χ1v) is 3.95. The smallest absolute Gasteiger partial charge is 0.292 e. The van der Waals surface area contributed by atoms with Gasteiger partial charge in [0.25, 0.3) is 6.26 Å². The number of nitriles is 1. The van der Waals surface area contributed by atoms with Gasteiger partial charge >= 0.3 is 0 Å². The van der Waals surface area contributed by atoms with Crippen molar-refractivity contribution in [2.45, 2.75) is 20.8 Å². The van der Waals surface area contributed by atoms with E-state index in [1.165, 1.54) is 0 Å². The normalized spacial score (nSPS) is 7.50. The first kappa shape index (κ1) is 10.5. The van der Waals surface area contributed by atoms with E-state index < -0.39 is 0 Å². The van der Waals surface area contributed by atoms with E-state index >= 15 is 0 Å². The van der Waals surface area contributed by atoms with Crippen LogP contribution in [-0.2, 0) is 0 Å². The van der Waals surface area contributed by atoms with Crippen molar-refractivity contribution in [2.24, 2.45) is 0 Å². The third kappa shape index (κ3) is 3.62. The van der Waals surface area contributed by atoms with Gasteiger partial charge in [-0.1, -0.05) is 26.0 Å². The molecular weight excluding hydrogens is 150 g/mol. The predicted octanol–water partition coefficient (Wildman–Crippen LogP) is 2.88. The van der Waals surface area contributed by atoms with Crippen LogP contribution in [0.1, 0.15) is 19.4 Å². The lowest BCUT2D eigenvalue weighted by Gasteiger charge is -1.94. The van der Waals surface area contributed by atoms with E-state index in [0.29, 0.717) is 5.75 Å². The molecule has 0 amide bonds. The second kappa shape index (κ2) is 6.23. The van der Waals surface area contributed by atoms with Crippen LogP contribution in [0.25, 0.3) is 0 Å². The van der Waals surface area contributed by atoms with Gasteiger partial charge in [-0.3, -0.25) is 0 Å². The number of aryl methyl sites for hydroxylation is 1. The fraction of sp³-hybridized carbons (Fsp3) is 0.300. The van der Waals surface area contributed by atoms with Crippen LogP contribution >= 0.6 is 0 Å². The molecule has 2 nitrogen and oxygen atoms in total. The van der Waals surface area contributed by atoms with E-state index in [9.17, 15) is 0 Å². The minimum absolute atomic E-state index is 0.600. The zero-order valence-corrected chi connectivity index (χ0v) is 7.66. The molecule has 0 spiro atoms. The summed E-state index contributed by atoms with van der Waals surface area (Å²) in [4.78, 5) is 0. The Balaban J connectivity index is 0.000000561. The monoisotopic (exact) mass is 163 g/mol. The van der Waals surface area contributed by atoms with Gasteiger partial charge < -0.3 is 4.74 Å². The molecule has 0 radical (unpaired) electrons. The van der Waals surface area contributed by atoms with Crippen molar-refractivity contribution in [2.75, 3.05) is 0 Å². The summed E-state index contributed by atoms with van der Waals surface area (Å²) < 4.78 is 4.59. The molecular formula is C10H13NO. The molecule has 12 heavy (non-hydrogen) atoms. The zero-order chi connectivity index (χ0) is 9.40. The minimum Gasteiger partial charge on any atom is -0.388 e. The quantitative estimate of drug-likeness (QED) is 0.596. The number of benzene rings is 1. The van der Waals surface area contributed by atoms with Crippen LogP contribution in [0.2, 0.25) is 0 Å². The summed E-state index contributed by atoms with van der Waals surface area (Å²) in [6.45, 7) is 5.95.